The van der Waals surface area contributed by atoms with E-state index in [1.807, 2.05) is 19.9 Å². The van der Waals surface area contributed by atoms with E-state index in [-0.39, 0.29) is 16.0 Å². The van der Waals surface area contributed by atoms with Gasteiger partial charge in [-0.05, 0) is 40.4 Å². The molecule has 0 heterocycles. The lowest BCUT2D eigenvalue weighted by Crippen LogP contribution is -2.16. The highest BCUT2D eigenvalue weighted by molar-refractivity contribution is 9.10. The highest BCUT2D eigenvalue weighted by Gasteiger charge is 2.24. The number of hydrogen-bond acceptors (Lipinski definition) is 2. The van der Waals surface area contributed by atoms with E-state index in [0.29, 0.717) is 6.42 Å². The number of carbonyl (C=O) groups is 1. The summed E-state index contributed by atoms with van der Waals surface area (Å²) in [5.74, 6) is -1.60. The molecule has 1 atom stereocenters. The summed E-state index contributed by atoms with van der Waals surface area (Å²) in [6.07, 6.45) is 0.446. The first-order valence-corrected chi connectivity index (χ1v) is 6.14. The fraction of sp³-hybridized carbons (Fsp3) is 0.385. The minimum Gasteiger partial charge on any atom is -0.293 e. The minimum atomic E-state index is -0.779. The van der Waals surface area contributed by atoms with Crippen molar-refractivity contribution in [3.8, 4) is 6.07 Å². The van der Waals surface area contributed by atoms with Crippen LogP contribution in [0.1, 0.15) is 30.6 Å². The summed E-state index contributed by atoms with van der Waals surface area (Å²) in [5, 5.41) is 8.96. The van der Waals surface area contributed by atoms with Gasteiger partial charge in [0.15, 0.2) is 5.78 Å². The van der Waals surface area contributed by atoms with Crippen molar-refractivity contribution in [3.63, 3.8) is 0 Å². The van der Waals surface area contributed by atoms with Gasteiger partial charge in [0.2, 0.25) is 0 Å². The molecular formula is C13H13BrFNO. The maximum atomic E-state index is 13.7. The van der Waals surface area contributed by atoms with Gasteiger partial charge >= 0.3 is 0 Å². The molecule has 0 aliphatic rings. The van der Waals surface area contributed by atoms with Gasteiger partial charge in [-0.1, -0.05) is 19.9 Å². The summed E-state index contributed by atoms with van der Waals surface area (Å²) in [6.45, 7) is 3.85. The number of halogens is 2. The van der Waals surface area contributed by atoms with Gasteiger partial charge in [-0.15, -0.1) is 0 Å². The largest absolute Gasteiger partial charge is 0.293 e. The molecule has 1 unspecified atom stereocenters. The average molecular weight is 298 g/mol. The second-order valence-corrected chi connectivity index (χ2v) is 5.13. The number of nitriles is 1. The van der Waals surface area contributed by atoms with E-state index in [9.17, 15) is 9.18 Å². The van der Waals surface area contributed by atoms with Crippen LogP contribution in [0.25, 0.3) is 0 Å². The van der Waals surface area contributed by atoms with Gasteiger partial charge in [-0.2, -0.15) is 5.26 Å². The fourth-order valence-corrected chi connectivity index (χ4v) is 1.94. The van der Waals surface area contributed by atoms with Crippen LogP contribution in [0.4, 0.5) is 4.39 Å². The molecular weight excluding hydrogens is 285 g/mol. The maximum absolute atomic E-state index is 13.7. The predicted molar refractivity (Wildman–Crippen MR) is 67.0 cm³/mol. The molecule has 2 nitrogen and oxygen atoms in total. The topological polar surface area (TPSA) is 40.9 Å². The monoisotopic (exact) mass is 297 g/mol. The van der Waals surface area contributed by atoms with Crippen molar-refractivity contribution in [1.29, 1.82) is 5.26 Å². The Kier molecular flexibility index (Phi) is 4.83. The molecule has 0 fully saturated rings. The molecule has 0 amide bonds. The van der Waals surface area contributed by atoms with Crippen LogP contribution in [0.2, 0.25) is 0 Å². The lowest BCUT2D eigenvalue weighted by atomic mass is 9.91. The van der Waals surface area contributed by atoms with E-state index in [1.54, 1.807) is 6.07 Å². The van der Waals surface area contributed by atoms with Crippen LogP contribution in [0.5, 0.6) is 0 Å². The zero-order valence-corrected chi connectivity index (χ0v) is 11.3. The van der Waals surface area contributed by atoms with Gasteiger partial charge in [0.05, 0.1) is 16.1 Å². The summed E-state index contributed by atoms with van der Waals surface area (Å²) < 4.78 is 13.9. The zero-order chi connectivity index (χ0) is 13.0. The number of nitrogens with zero attached hydrogens (tertiary/aromatic N) is 1. The Hall–Kier alpha value is -1.21. The summed E-state index contributed by atoms with van der Waals surface area (Å²) in [5.41, 5.74) is -0.0217. The van der Waals surface area contributed by atoms with Crippen LogP contribution >= 0.6 is 15.9 Å². The molecule has 0 aromatic heterocycles. The predicted octanol–water partition coefficient (Wildman–Crippen LogP) is 3.96. The Morgan fingerprint density at radius 3 is 2.71 bits per heavy atom. The Morgan fingerprint density at radius 2 is 2.18 bits per heavy atom. The maximum Gasteiger partial charge on any atom is 0.182 e. The summed E-state index contributed by atoms with van der Waals surface area (Å²) >= 11 is 3.03. The molecule has 0 saturated heterocycles. The van der Waals surface area contributed by atoms with E-state index < -0.39 is 17.5 Å². The number of Topliss-reactive ketones (excluding diaryl/α,β-unsaturated/α-hetero) is 1. The van der Waals surface area contributed by atoms with Crippen LogP contribution in [0, 0.1) is 29.0 Å². The molecule has 90 valence electrons. The summed E-state index contributed by atoms with van der Waals surface area (Å²) in [7, 11) is 0. The highest BCUT2D eigenvalue weighted by Crippen LogP contribution is 2.23. The van der Waals surface area contributed by atoms with Gasteiger partial charge < -0.3 is 0 Å². The minimum absolute atomic E-state index is 0.0217. The first-order chi connectivity index (χ1) is 7.97. The van der Waals surface area contributed by atoms with Gasteiger partial charge in [-0.25, -0.2) is 4.39 Å². The number of hydrogen-bond donors (Lipinski definition) is 0. The molecule has 0 radical (unpaired) electrons. The van der Waals surface area contributed by atoms with Gasteiger partial charge in [0.1, 0.15) is 11.7 Å². The van der Waals surface area contributed by atoms with Crippen molar-refractivity contribution in [2.75, 3.05) is 0 Å². The molecule has 0 aliphatic heterocycles. The first kappa shape index (κ1) is 13.9. The lowest BCUT2D eigenvalue weighted by Gasteiger charge is -2.11. The average Bonchev–Trinajstić information content (AvgIpc) is 2.28. The van der Waals surface area contributed by atoms with E-state index >= 15 is 0 Å². The third kappa shape index (κ3) is 3.37. The van der Waals surface area contributed by atoms with Crippen molar-refractivity contribution < 1.29 is 9.18 Å². The van der Waals surface area contributed by atoms with Gasteiger partial charge in [0.25, 0.3) is 0 Å². The zero-order valence-electron chi connectivity index (χ0n) is 9.71. The standard InChI is InChI=1S/C13H13BrFNO/c1-8(2)6-9(7-16)13(17)10-4-3-5-11(14)12(10)15/h3-5,8-9H,6H2,1-2H3. The molecule has 1 aromatic rings. The summed E-state index contributed by atoms with van der Waals surface area (Å²) in [6, 6.07) is 6.47. The normalized spacial score (nSPS) is 12.2. The number of ketones is 1. The van der Waals surface area contributed by atoms with E-state index in [2.05, 4.69) is 15.9 Å². The van der Waals surface area contributed by atoms with Crippen molar-refractivity contribution >= 4 is 21.7 Å². The van der Waals surface area contributed by atoms with Crippen molar-refractivity contribution in [3.05, 3.63) is 34.1 Å². The Balaban J connectivity index is 3.03. The SMILES string of the molecule is CC(C)CC(C#N)C(=O)c1cccc(Br)c1F. The third-order valence-corrected chi connectivity index (χ3v) is 3.01. The Bertz CT molecular complexity index is 465. The molecule has 4 heteroatoms. The van der Waals surface area contributed by atoms with Crippen LogP contribution < -0.4 is 0 Å². The summed E-state index contributed by atoms with van der Waals surface area (Å²) in [4.78, 5) is 12.0. The van der Waals surface area contributed by atoms with Gasteiger partial charge in [0, 0.05) is 0 Å². The van der Waals surface area contributed by atoms with E-state index in [4.69, 9.17) is 5.26 Å². The molecule has 1 rings (SSSR count). The van der Waals surface area contributed by atoms with Crippen LogP contribution in [-0.4, -0.2) is 5.78 Å². The van der Waals surface area contributed by atoms with E-state index in [1.165, 1.54) is 12.1 Å². The van der Waals surface area contributed by atoms with Crippen LogP contribution in [0.3, 0.4) is 0 Å². The number of carbonyl (C=O) groups excluding carboxylic acids is 1. The van der Waals surface area contributed by atoms with Crippen molar-refractivity contribution in [2.45, 2.75) is 20.3 Å². The lowest BCUT2D eigenvalue weighted by molar-refractivity contribution is 0.0932. The number of rotatable bonds is 4. The first-order valence-electron chi connectivity index (χ1n) is 5.35. The Labute approximate surface area is 109 Å². The smallest absolute Gasteiger partial charge is 0.182 e. The van der Waals surface area contributed by atoms with E-state index in [0.717, 1.165) is 0 Å². The second kappa shape index (κ2) is 5.92. The van der Waals surface area contributed by atoms with Crippen LogP contribution in [-0.2, 0) is 0 Å². The van der Waals surface area contributed by atoms with Crippen LogP contribution in [0.15, 0.2) is 22.7 Å². The molecule has 0 N–H and O–H groups in total. The third-order valence-electron chi connectivity index (χ3n) is 2.40. The Morgan fingerprint density at radius 1 is 1.53 bits per heavy atom. The van der Waals surface area contributed by atoms with Gasteiger partial charge in [-0.3, -0.25) is 4.79 Å². The molecule has 0 bridgehead atoms. The second-order valence-electron chi connectivity index (χ2n) is 4.28. The molecule has 0 aliphatic carbocycles. The molecule has 0 saturated carbocycles. The number of benzene rings is 1. The molecule has 17 heavy (non-hydrogen) atoms. The van der Waals surface area contributed by atoms with Crippen molar-refractivity contribution in [2.24, 2.45) is 11.8 Å². The molecule has 1 aromatic carbocycles. The fourth-order valence-electron chi connectivity index (χ4n) is 1.57. The molecule has 0 spiro atoms. The van der Waals surface area contributed by atoms with Crippen molar-refractivity contribution in [1.82, 2.24) is 0 Å². The highest BCUT2D eigenvalue weighted by atomic mass is 79.9. The quantitative estimate of drug-likeness (QED) is 0.789.